The van der Waals surface area contributed by atoms with E-state index in [0.717, 1.165) is 20.0 Å². The van der Waals surface area contributed by atoms with Crippen molar-refractivity contribution in [2.45, 2.75) is 0 Å². The fraction of sp³-hybridized carbons (Fsp3) is 0. The molecule has 0 aliphatic rings. The molecule has 0 fully saturated rings. The summed E-state index contributed by atoms with van der Waals surface area (Å²) in [4.78, 5) is 8.26. The Kier molecular flexibility index (Phi) is 3.20. The molecule has 3 aromatic rings. The highest BCUT2D eigenvalue weighted by Gasteiger charge is 2.07. The van der Waals surface area contributed by atoms with Crippen LogP contribution < -0.4 is 10.5 Å². The highest BCUT2D eigenvalue weighted by atomic mass is 127. The molecular formula is C14H10IN3O. The van der Waals surface area contributed by atoms with Crippen molar-refractivity contribution < 1.29 is 4.74 Å². The van der Waals surface area contributed by atoms with Crippen molar-refractivity contribution in [2.75, 3.05) is 5.73 Å². The van der Waals surface area contributed by atoms with Crippen molar-refractivity contribution in [1.82, 2.24) is 9.97 Å². The number of benzene rings is 2. The van der Waals surface area contributed by atoms with Crippen LogP contribution >= 0.6 is 22.6 Å². The molecule has 1 heterocycles. The van der Waals surface area contributed by atoms with Crippen LogP contribution in [0.3, 0.4) is 0 Å². The Morgan fingerprint density at radius 1 is 0.947 bits per heavy atom. The van der Waals surface area contributed by atoms with E-state index in [0.29, 0.717) is 11.8 Å². The third-order valence-corrected chi connectivity index (χ3v) is 3.27. The first-order valence-corrected chi connectivity index (χ1v) is 6.74. The topological polar surface area (TPSA) is 61.0 Å². The molecule has 4 nitrogen and oxygen atoms in total. The van der Waals surface area contributed by atoms with E-state index in [1.807, 2.05) is 36.4 Å². The lowest BCUT2D eigenvalue weighted by molar-refractivity contribution is 0.446. The second-order valence-corrected chi connectivity index (χ2v) is 5.23. The number of hydrogen-bond acceptors (Lipinski definition) is 4. The molecule has 19 heavy (non-hydrogen) atoms. The lowest BCUT2D eigenvalue weighted by atomic mass is 10.1. The molecular weight excluding hydrogens is 353 g/mol. The molecule has 0 amide bonds. The number of halogens is 1. The number of nitrogens with two attached hydrogens (primary N) is 1. The fourth-order valence-corrected chi connectivity index (χ4v) is 2.11. The smallest absolute Gasteiger partial charge is 0.321 e. The molecule has 0 spiro atoms. The third-order valence-electron chi connectivity index (χ3n) is 2.72. The predicted molar refractivity (Wildman–Crippen MR) is 83.2 cm³/mol. The van der Waals surface area contributed by atoms with Crippen LogP contribution in [0, 0.1) is 3.57 Å². The number of nitrogens with zero attached hydrogens (tertiary/aromatic N) is 2. The molecule has 2 N–H and O–H groups in total. The van der Waals surface area contributed by atoms with Gasteiger partial charge in [0.25, 0.3) is 0 Å². The summed E-state index contributed by atoms with van der Waals surface area (Å²) in [7, 11) is 0. The van der Waals surface area contributed by atoms with Crippen molar-refractivity contribution in [2.24, 2.45) is 0 Å². The average molecular weight is 363 g/mol. The normalized spacial score (nSPS) is 10.6. The predicted octanol–water partition coefficient (Wildman–Crippen LogP) is 3.61. The molecule has 0 saturated heterocycles. The summed E-state index contributed by atoms with van der Waals surface area (Å²) in [6.45, 7) is 0. The van der Waals surface area contributed by atoms with Crippen LogP contribution in [0.5, 0.6) is 11.8 Å². The zero-order valence-corrected chi connectivity index (χ0v) is 12.0. The number of hydrogen-bond donors (Lipinski definition) is 1. The van der Waals surface area contributed by atoms with E-state index in [4.69, 9.17) is 10.5 Å². The lowest BCUT2D eigenvalue weighted by Crippen LogP contribution is -1.94. The zero-order valence-electron chi connectivity index (χ0n) is 9.88. The quantitative estimate of drug-likeness (QED) is 0.558. The first-order chi connectivity index (χ1) is 9.24. The molecule has 0 atom stereocenters. The molecule has 0 unspecified atom stereocenters. The van der Waals surface area contributed by atoms with Gasteiger partial charge in [-0.2, -0.15) is 0 Å². The van der Waals surface area contributed by atoms with E-state index in [-0.39, 0.29) is 0 Å². The van der Waals surface area contributed by atoms with Gasteiger partial charge in [-0.15, -0.1) is 0 Å². The summed E-state index contributed by atoms with van der Waals surface area (Å²) in [5.74, 6) is 0.700. The lowest BCUT2D eigenvalue weighted by Gasteiger charge is -2.08. The van der Waals surface area contributed by atoms with Crippen LogP contribution in [-0.4, -0.2) is 9.97 Å². The second kappa shape index (κ2) is 5.00. The van der Waals surface area contributed by atoms with Gasteiger partial charge in [-0.25, -0.2) is 9.97 Å². The van der Waals surface area contributed by atoms with Gasteiger partial charge in [0.1, 0.15) is 5.75 Å². The molecule has 1 aromatic heterocycles. The number of anilines is 1. The van der Waals surface area contributed by atoms with Crippen LogP contribution in [0.1, 0.15) is 0 Å². The molecule has 0 radical (unpaired) electrons. The van der Waals surface area contributed by atoms with E-state index >= 15 is 0 Å². The monoisotopic (exact) mass is 363 g/mol. The summed E-state index contributed by atoms with van der Waals surface area (Å²) in [5.41, 5.74) is 6.68. The standard InChI is InChI=1S/C14H10IN3O/c15-9-7-17-14(18-8-9)19-13-6-5-12(16)10-3-1-2-4-11(10)13/h1-8H,16H2. The van der Waals surface area contributed by atoms with Gasteiger partial charge >= 0.3 is 6.01 Å². The average Bonchev–Trinajstić information content (AvgIpc) is 2.45. The molecule has 0 aliphatic carbocycles. The molecule has 0 aliphatic heterocycles. The number of rotatable bonds is 2. The van der Waals surface area contributed by atoms with E-state index in [9.17, 15) is 0 Å². The number of aromatic nitrogens is 2. The van der Waals surface area contributed by atoms with E-state index in [1.54, 1.807) is 12.4 Å². The number of nitrogen functional groups attached to an aromatic ring is 1. The Morgan fingerprint density at radius 3 is 2.37 bits per heavy atom. The van der Waals surface area contributed by atoms with Crippen LogP contribution in [0.4, 0.5) is 5.69 Å². The third kappa shape index (κ3) is 2.46. The summed E-state index contributed by atoms with van der Waals surface area (Å²) < 4.78 is 6.69. The number of fused-ring (bicyclic) bond motifs is 1. The van der Waals surface area contributed by atoms with Gasteiger partial charge in [-0.1, -0.05) is 24.3 Å². The van der Waals surface area contributed by atoms with Crippen LogP contribution in [0.15, 0.2) is 48.8 Å². The maximum Gasteiger partial charge on any atom is 0.321 e. The minimum absolute atomic E-state index is 0.329. The van der Waals surface area contributed by atoms with Crippen LogP contribution in [0.2, 0.25) is 0 Å². The van der Waals surface area contributed by atoms with Gasteiger partial charge in [0.05, 0.1) is 0 Å². The first kappa shape index (κ1) is 12.2. The summed E-state index contributed by atoms with van der Waals surface area (Å²) in [5, 5.41) is 1.91. The molecule has 0 bridgehead atoms. The highest BCUT2D eigenvalue weighted by Crippen LogP contribution is 2.31. The molecule has 2 aromatic carbocycles. The Labute approximate surface area is 123 Å². The Morgan fingerprint density at radius 2 is 1.63 bits per heavy atom. The summed E-state index contributed by atoms with van der Waals surface area (Å²) in [6.07, 6.45) is 3.42. The van der Waals surface area contributed by atoms with Crippen molar-refractivity contribution in [3.63, 3.8) is 0 Å². The van der Waals surface area contributed by atoms with Gasteiger partial charge in [0, 0.05) is 32.4 Å². The maximum absolute atomic E-state index is 5.95. The van der Waals surface area contributed by atoms with E-state index < -0.39 is 0 Å². The van der Waals surface area contributed by atoms with Crippen molar-refractivity contribution in [3.8, 4) is 11.8 Å². The van der Waals surface area contributed by atoms with Crippen molar-refractivity contribution in [3.05, 3.63) is 52.4 Å². The molecule has 94 valence electrons. The van der Waals surface area contributed by atoms with E-state index in [2.05, 4.69) is 32.6 Å². The van der Waals surface area contributed by atoms with Crippen molar-refractivity contribution >= 4 is 39.1 Å². The first-order valence-electron chi connectivity index (χ1n) is 5.66. The minimum atomic E-state index is 0.329. The molecule has 0 saturated carbocycles. The Bertz CT molecular complexity index is 728. The van der Waals surface area contributed by atoms with Gasteiger partial charge in [0.15, 0.2) is 0 Å². The van der Waals surface area contributed by atoms with Gasteiger partial charge in [-0.05, 0) is 34.7 Å². The SMILES string of the molecule is Nc1ccc(Oc2ncc(I)cn2)c2ccccc12. The maximum atomic E-state index is 5.95. The van der Waals surface area contributed by atoms with E-state index in [1.165, 1.54) is 0 Å². The molecule has 3 rings (SSSR count). The van der Waals surface area contributed by atoms with Crippen molar-refractivity contribution in [1.29, 1.82) is 0 Å². The fourth-order valence-electron chi connectivity index (χ4n) is 1.84. The number of ether oxygens (including phenoxy) is 1. The Hall–Kier alpha value is -1.89. The summed E-state index contributed by atoms with van der Waals surface area (Å²) in [6, 6.07) is 11.8. The van der Waals surface area contributed by atoms with Gasteiger partial charge in [0.2, 0.25) is 0 Å². The van der Waals surface area contributed by atoms with Crippen LogP contribution in [0.25, 0.3) is 10.8 Å². The Balaban J connectivity index is 2.06. The molecule has 5 heteroatoms. The van der Waals surface area contributed by atoms with Crippen LogP contribution in [-0.2, 0) is 0 Å². The minimum Gasteiger partial charge on any atom is -0.424 e. The zero-order chi connectivity index (χ0) is 13.2. The second-order valence-electron chi connectivity index (χ2n) is 3.98. The van der Waals surface area contributed by atoms with Gasteiger partial charge in [-0.3, -0.25) is 0 Å². The largest absolute Gasteiger partial charge is 0.424 e. The highest BCUT2D eigenvalue weighted by molar-refractivity contribution is 14.1. The van der Waals surface area contributed by atoms with Gasteiger partial charge < -0.3 is 10.5 Å². The summed E-state index contributed by atoms with van der Waals surface area (Å²) >= 11 is 2.15.